The predicted molar refractivity (Wildman–Crippen MR) is 70.4 cm³/mol. The molecule has 0 spiro atoms. The standard InChI is InChI=1S/C12H13BrN2O3/c13-8-2-1-3-9(6-8)14-12(18)15-10(11(16)17)7-4-5-7/h1-3,6-7,10H,4-5H2,(H,16,17)(H2,14,15,18). The van der Waals surface area contributed by atoms with Crippen LogP contribution in [0.4, 0.5) is 10.5 Å². The van der Waals surface area contributed by atoms with Gasteiger partial charge in [0, 0.05) is 10.2 Å². The summed E-state index contributed by atoms with van der Waals surface area (Å²) >= 11 is 3.29. The lowest BCUT2D eigenvalue weighted by Crippen LogP contribution is -2.44. The third kappa shape index (κ3) is 3.46. The SMILES string of the molecule is O=C(Nc1cccc(Br)c1)NC(C(=O)O)C1CC1. The van der Waals surface area contributed by atoms with E-state index >= 15 is 0 Å². The van der Waals surface area contributed by atoms with Gasteiger partial charge in [-0.15, -0.1) is 0 Å². The summed E-state index contributed by atoms with van der Waals surface area (Å²) in [5.41, 5.74) is 0.613. The van der Waals surface area contributed by atoms with Crippen molar-refractivity contribution in [1.29, 1.82) is 0 Å². The molecule has 5 nitrogen and oxygen atoms in total. The van der Waals surface area contributed by atoms with Gasteiger partial charge in [0.1, 0.15) is 6.04 Å². The Balaban J connectivity index is 1.93. The van der Waals surface area contributed by atoms with Crippen LogP contribution in [0.1, 0.15) is 12.8 Å². The van der Waals surface area contributed by atoms with Crippen molar-refractivity contribution in [2.75, 3.05) is 5.32 Å². The first-order valence-electron chi connectivity index (χ1n) is 5.62. The second-order valence-electron chi connectivity index (χ2n) is 4.26. The molecule has 3 N–H and O–H groups in total. The van der Waals surface area contributed by atoms with Gasteiger partial charge in [-0.3, -0.25) is 0 Å². The number of carboxylic acid groups (broad SMARTS) is 1. The van der Waals surface area contributed by atoms with Crippen LogP contribution >= 0.6 is 15.9 Å². The highest BCUT2D eigenvalue weighted by Crippen LogP contribution is 2.32. The van der Waals surface area contributed by atoms with E-state index in [2.05, 4.69) is 26.6 Å². The molecule has 0 saturated heterocycles. The summed E-state index contributed by atoms with van der Waals surface area (Å²) < 4.78 is 0.845. The summed E-state index contributed by atoms with van der Waals surface area (Å²) in [6.07, 6.45) is 1.71. The summed E-state index contributed by atoms with van der Waals surface area (Å²) in [5, 5.41) is 14.1. The second-order valence-corrected chi connectivity index (χ2v) is 5.18. The zero-order chi connectivity index (χ0) is 13.1. The largest absolute Gasteiger partial charge is 0.480 e. The number of hydrogen-bond donors (Lipinski definition) is 3. The quantitative estimate of drug-likeness (QED) is 0.799. The van der Waals surface area contributed by atoms with E-state index in [0.29, 0.717) is 5.69 Å². The lowest BCUT2D eigenvalue weighted by Gasteiger charge is -2.14. The van der Waals surface area contributed by atoms with Gasteiger partial charge in [0.25, 0.3) is 0 Å². The van der Waals surface area contributed by atoms with E-state index in [1.54, 1.807) is 18.2 Å². The van der Waals surface area contributed by atoms with Gasteiger partial charge in [-0.2, -0.15) is 0 Å². The first kappa shape index (κ1) is 12.9. The van der Waals surface area contributed by atoms with Crippen molar-refractivity contribution in [1.82, 2.24) is 5.32 Å². The van der Waals surface area contributed by atoms with E-state index < -0.39 is 18.0 Å². The van der Waals surface area contributed by atoms with Gasteiger partial charge in [-0.05, 0) is 37.0 Å². The molecule has 0 heterocycles. The highest BCUT2D eigenvalue weighted by molar-refractivity contribution is 9.10. The van der Waals surface area contributed by atoms with Crippen LogP contribution in [0.3, 0.4) is 0 Å². The molecular weight excluding hydrogens is 300 g/mol. The van der Waals surface area contributed by atoms with Gasteiger partial charge < -0.3 is 15.7 Å². The Morgan fingerprint density at radius 1 is 1.39 bits per heavy atom. The number of carbonyl (C=O) groups excluding carboxylic acids is 1. The maximum atomic E-state index is 11.7. The third-order valence-electron chi connectivity index (χ3n) is 2.73. The van der Waals surface area contributed by atoms with Crippen molar-refractivity contribution in [3.05, 3.63) is 28.7 Å². The summed E-state index contributed by atoms with van der Waals surface area (Å²) in [6, 6.07) is 5.82. The van der Waals surface area contributed by atoms with Crippen LogP contribution in [0.5, 0.6) is 0 Å². The first-order valence-corrected chi connectivity index (χ1v) is 6.41. The molecule has 1 unspecified atom stereocenters. The molecule has 1 fully saturated rings. The normalized spacial score (nSPS) is 15.8. The molecule has 0 bridgehead atoms. The van der Waals surface area contributed by atoms with Crippen molar-refractivity contribution in [2.45, 2.75) is 18.9 Å². The van der Waals surface area contributed by atoms with Crippen molar-refractivity contribution in [3.8, 4) is 0 Å². The molecule has 1 aromatic carbocycles. The summed E-state index contributed by atoms with van der Waals surface area (Å²) in [4.78, 5) is 22.6. The lowest BCUT2D eigenvalue weighted by atomic mass is 10.2. The number of aliphatic carboxylic acids is 1. The molecule has 0 aromatic heterocycles. The Morgan fingerprint density at radius 3 is 2.67 bits per heavy atom. The number of hydrogen-bond acceptors (Lipinski definition) is 2. The predicted octanol–water partition coefficient (Wildman–Crippen LogP) is 2.43. The Labute approximate surface area is 113 Å². The van der Waals surface area contributed by atoms with Crippen LogP contribution in [0.15, 0.2) is 28.7 Å². The maximum absolute atomic E-state index is 11.7. The fraction of sp³-hybridized carbons (Fsp3) is 0.333. The van der Waals surface area contributed by atoms with Crippen LogP contribution in [-0.2, 0) is 4.79 Å². The minimum atomic E-state index is -0.984. The van der Waals surface area contributed by atoms with E-state index in [4.69, 9.17) is 5.11 Å². The summed E-state index contributed by atoms with van der Waals surface area (Å²) in [5.74, 6) is -0.919. The molecule has 96 valence electrons. The molecule has 1 saturated carbocycles. The van der Waals surface area contributed by atoms with Gasteiger partial charge >= 0.3 is 12.0 Å². The number of benzene rings is 1. The van der Waals surface area contributed by atoms with E-state index in [0.717, 1.165) is 17.3 Å². The number of nitrogens with one attached hydrogen (secondary N) is 2. The average Bonchev–Trinajstić information content (AvgIpc) is 3.09. The molecule has 1 aliphatic rings. The van der Waals surface area contributed by atoms with E-state index in [9.17, 15) is 9.59 Å². The van der Waals surface area contributed by atoms with Crippen molar-refractivity contribution in [3.63, 3.8) is 0 Å². The fourth-order valence-corrected chi connectivity index (χ4v) is 2.08. The van der Waals surface area contributed by atoms with Crippen LogP contribution in [0.2, 0.25) is 0 Å². The summed E-state index contributed by atoms with van der Waals surface area (Å²) in [7, 11) is 0. The molecule has 0 aliphatic heterocycles. The summed E-state index contributed by atoms with van der Waals surface area (Å²) in [6.45, 7) is 0. The van der Waals surface area contributed by atoms with E-state index in [-0.39, 0.29) is 5.92 Å². The molecule has 18 heavy (non-hydrogen) atoms. The topological polar surface area (TPSA) is 78.4 Å². The zero-order valence-corrected chi connectivity index (χ0v) is 11.1. The van der Waals surface area contributed by atoms with Crippen LogP contribution in [0.25, 0.3) is 0 Å². The number of halogens is 1. The van der Waals surface area contributed by atoms with Gasteiger partial charge in [0.15, 0.2) is 0 Å². The third-order valence-corrected chi connectivity index (χ3v) is 3.22. The second kappa shape index (κ2) is 5.39. The molecule has 1 aliphatic carbocycles. The Bertz CT molecular complexity index is 474. The highest BCUT2D eigenvalue weighted by Gasteiger charge is 2.37. The van der Waals surface area contributed by atoms with E-state index in [1.807, 2.05) is 6.07 Å². The van der Waals surface area contributed by atoms with Gasteiger partial charge in [0.05, 0.1) is 0 Å². The lowest BCUT2D eigenvalue weighted by molar-refractivity contribution is -0.139. The van der Waals surface area contributed by atoms with E-state index in [1.165, 1.54) is 0 Å². The highest BCUT2D eigenvalue weighted by atomic mass is 79.9. The van der Waals surface area contributed by atoms with Gasteiger partial charge in [-0.25, -0.2) is 9.59 Å². The van der Waals surface area contributed by atoms with Gasteiger partial charge in [-0.1, -0.05) is 22.0 Å². The van der Waals surface area contributed by atoms with Gasteiger partial charge in [0.2, 0.25) is 0 Å². The molecule has 0 radical (unpaired) electrons. The fourth-order valence-electron chi connectivity index (χ4n) is 1.69. The molecule has 2 amide bonds. The van der Waals surface area contributed by atoms with Crippen LogP contribution < -0.4 is 10.6 Å². The van der Waals surface area contributed by atoms with Crippen molar-refractivity contribution >= 4 is 33.6 Å². The number of carboxylic acids is 1. The molecule has 1 aromatic rings. The smallest absolute Gasteiger partial charge is 0.326 e. The maximum Gasteiger partial charge on any atom is 0.326 e. The van der Waals surface area contributed by atoms with Crippen LogP contribution in [-0.4, -0.2) is 23.1 Å². The average molecular weight is 313 g/mol. The Kier molecular flexibility index (Phi) is 3.86. The monoisotopic (exact) mass is 312 g/mol. The Morgan fingerprint density at radius 2 is 2.11 bits per heavy atom. The minimum Gasteiger partial charge on any atom is -0.480 e. The van der Waals surface area contributed by atoms with Crippen molar-refractivity contribution in [2.24, 2.45) is 5.92 Å². The first-order chi connectivity index (χ1) is 8.56. The zero-order valence-electron chi connectivity index (χ0n) is 9.52. The number of rotatable bonds is 4. The number of urea groups is 1. The number of anilines is 1. The van der Waals surface area contributed by atoms with Crippen molar-refractivity contribution < 1.29 is 14.7 Å². The molecule has 2 rings (SSSR count). The molecular formula is C12H13BrN2O3. The minimum absolute atomic E-state index is 0.0655. The molecule has 6 heteroatoms. The van der Waals surface area contributed by atoms with Crippen LogP contribution in [0, 0.1) is 5.92 Å². The number of amides is 2. The number of carbonyl (C=O) groups is 2. The Hall–Kier alpha value is -1.56. The molecule has 1 atom stereocenters.